The first-order valence-corrected chi connectivity index (χ1v) is 14.6. The molecular weight excluding hydrogens is 460 g/mol. The van der Waals surface area contributed by atoms with Gasteiger partial charge < -0.3 is 9.47 Å². The number of hydrogen-bond donors (Lipinski definition) is 0. The van der Waals surface area contributed by atoms with Crippen LogP contribution in [0.3, 0.4) is 0 Å². The van der Waals surface area contributed by atoms with E-state index >= 15 is 0 Å². The van der Waals surface area contributed by atoms with Crippen molar-refractivity contribution in [3.05, 3.63) is 59.7 Å². The zero-order chi connectivity index (χ0) is 26.7. The predicted octanol–water partition coefficient (Wildman–Crippen LogP) is 8.25. The Hall–Kier alpha value is -2.62. The summed E-state index contributed by atoms with van der Waals surface area (Å²) in [5, 5.41) is 0. The second-order valence-corrected chi connectivity index (χ2v) is 10.4. The molecule has 0 radical (unpaired) electrons. The monoisotopic (exact) mass is 506 g/mol. The Labute approximate surface area is 224 Å². The molecule has 0 saturated heterocycles. The summed E-state index contributed by atoms with van der Waals surface area (Å²) in [5.74, 6) is -1.29. The first-order chi connectivity index (χ1) is 18.1. The summed E-state index contributed by atoms with van der Waals surface area (Å²) in [5.41, 5.74) is 3.55. The van der Waals surface area contributed by atoms with Crippen LogP contribution in [0.1, 0.15) is 103 Å². The van der Waals surface area contributed by atoms with Gasteiger partial charge in [0.15, 0.2) is 0 Å². The predicted molar refractivity (Wildman–Crippen MR) is 150 cm³/mol. The summed E-state index contributed by atoms with van der Waals surface area (Å²) in [4.78, 5) is 28.0. The molecule has 3 rings (SSSR count). The molecule has 1 aliphatic carbocycles. The number of fused-ring (bicyclic) bond motifs is 3. The van der Waals surface area contributed by atoms with Crippen molar-refractivity contribution in [1.82, 2.24) is 0 Å². The van der Waals surface area contributed by atoms with E-state index in [-0.39, 0.29) is 11.9 Å². The van der Waals surface area contributed by atoms with Crippen LogP contribution in [-0.4, -0.2) is 25.2 Å². The molecule has 37 heavy (non-hydrogen) atoms. The Morgan fingerprint density at radius 3 is 1.38 bits per heavy atom. The Morgan fingerprint density at radius 2 is 1.00 bits per heavy atom. The van der Waals surface area contributed by atoms with Gasteiger partial charge in [-0.1, -0.05) is 115 Å². The van der Waals surface area contributed by atoms with Gasteiger partial charge in [-0.15, -0.1) is 0 Å². The van der Waals surface area contributed by atoms with Gasteiger partial charge in [-0.25, -0.2) is 0 Å². The minimum absolute atomic E-state index is 0.184. The molecule has 202 valence electrons. The Kier molecular flexibility index (Phi) is 11.2. The highest BCUT2D eigenvalue weighted by atomic mass is 16.5. The first-order valence-electron chi connectivity index (χ1n) is 14.6. The van der Waals surface area contributed by atoms with Gasteiger partial charge in [-0.2, -0.15) is 0 Å². The largest absolute Gasteiger partial charge is 0.465 e. The molecule has 0 fully saturated rings. The van der Waals surface area contributed by atoms with E-state index in [1.807, 2.05) is 24.3 Å². The lowest BCUT2D eigenvalue weighted by Gasteiger charge is -2.43. The van der Waals surface area contributed by atoms with Crippen molar-refractivity contribution >= 4 is 11.9 Å². The molecule has 1 aliphatic rings. The van der Waals surface area contributed by atoms with Gasteiger partial charge in [0.25, 0.3) is 0 Å². The third-order valence-corrected chi connectivity index (χ3v) is 7.88. The Bertz CT molecular complexity index is 929. The minimum atomic E-state index is -0.815. The van der Waals surface area contributed by atoms with Gasteiger partial charge in [0.05, 0.1) is 25.0 Å². The molecule has 0 saturated carbocycles. The second-order valence-electron chi connectivity index (χ2n) is 10.4. The van der Waals surface area contributed by atoms with E-state index in [1.54, 1.807) is 0 Å². The third-order valence-electron chi connectivity index (χ3n) is 7.88. The summed E-state index contributed by atoms with van der Waals surface area (Å²) < 4.78 is 11.9. The van der Waals surface area contributed by atoms with Crippen molar-refractivity contribution in [1.29, 1.82) is 0 Å². The lowest BCUT2D eigenvalue weighted by molar-refractivity contribution is -0.158. The summed E-state index contributed by atoms with van der Waals surface area (Å²) in [6.07, 6.45) is 8.69. The van der Waals surface area contributed by atoms with Crippen LogP contribution in [0.2, 0.25) is 0 Å². The molecule has 2 unspecified atom stereocenters. The van der Waals surface area contributed by atoms with Crippen molar-refractivity contribution in [2.75, 3.05) is 13.2 Å². The molecule has 0 bridgehead atoms. The van der Waals surface area contributed by atoms with Gasteiger partial charge in [-0.05, 0) is 47.9 Å². The van der Waals surface area contributed by atoms with Gasteiger partial charge in [0.1, 0.15) is 0 Å². The normalized spacial score (nSPS) is 14.9. The SMILES string of the molecule is CCCCOC(=O)C(CCCC)C1(C(CCCC)C(=O)OCCCC)c2ccccc2-c2ccccc21. The maximum Gasteiger partial charge on any atom is 0.310 e. The zero-order valence-electron chi connectivity index (χ0n) is 23.4. The van der Waals surface area contributed by atoms with Crippen LogP contribution in [0.4, 0.5) is 0 Å². The molecular formula is C33H46O4. The molecule has 0 spiro atoms. The average molecular weight is 507 g/mol. The van der Waals surface area contributed by atoms with Crippen LogP contribution in [0.15, 0.2) is 48.5 Å². The smallest absolute Gasteiger partial charge is 0.310 e. The highest BCUT2D eigenvalue weighted by Gasteiger charge is 2.58. The van der Waals surface area contributed by atoms with E-state index in [4.69, 9.17) is 9.47 Å². The fraction of sp³-hybridized carbons (Fsp3) is 0.576. The molecule has 4 heteroatoms. The molecule has 0 aliphatic heterocycles. The Morgan fingerprint density at radius 1 is 0.622 bits per heavy atom. The summed E-state index contributed by atoms with van der Waals surface area (Å²) in [7, 11) is 0. The standard InChI is InChI=1S/C33H46O4/c1-5-9-19-29(31(34)36-23-11-7-3)33(30(20-10-6-2)32(35)37-24-12-8-4)27-21-15-13-17-25(27)26-18-14-16-22-28(26)33/h13-18,21-22,29-30H,5-12,19-20,23-24H2,1-4H3. The van der Waals surface area contributed by atoms with E-state index in [0.29, 0.717) is 26.1 Å². The summed E-state index contributed by atoms with van der Waals surface area (Å²) in [6.45, 7) is 9.32. The van der Waals surface area contributed by atoms with Crippen LogP contribution < -0.4 is 0 Å². The van der Waals surface area contributed by atoms with E-state index < -0.39 is 17.3 Å². The van der Waals surface area contributed by atoms with Gasteiger partial charge >= 0.3 is 11.9 Å². The van der Waals surface area contributed by atoms with E-state index in [1.165, 1.54) is 0 Å². The fourth-order valence-corrected chi connectivity index (χ4v) is 6.01. The highest BCUT2D eigenvalue weighted by molar-refractivity contribution is 5.90. The minimum Gasteiger partial charge on any atom is -0.465 e. The van der Waals surface area contributed by atoms with E-state index in [2.05, 4.69) is 52.0 Å². The molecule has 2 atom stereocenters. The quantitative estimate of drug-likeness (QED) is 0.170. The summed E-state index contributed by atoms with van der Waals surface area (Å²) >= 11 is 0. The molecule has 0 N–H and O–H groups in total. The van der Waals surface area contributed by atoms with E-state index in [0.717, 1.165) is 73.6 Å². The van der Waals surface area contributed by atoms with Crippen LogP contribution >= 0.6 is 0 Å². The lowest BCUT2D eigenvalue weighted by Crippen LogP contribution is -2.49. The number of unbranched alkanes of at least 4 members (excludes halogenated alkanes) is 4. The third kappa shape index (κ3) is 6.10. The average Bonchev–Trinajstić information content (AvgIpc) is 3.21. The van der Waals surface area contributed by atoms with Gasteiger partial charge in [0, 0.05) is 5.41 Å². The van der Waals surface area contributed by atoms with Gasteiger partial charge in [-0.3, -0.25) is 9.59 Å². The number of benzene rings is 2. The number of esters is 2. The molecule has 0 amide bonds. The van der Waals surface area contributed by atoms with Crippen molar-refractivity contribution in [2.24, 2.45) is 11.8 Å². The Balaban J connectivity index is 2.27. The van der Waals surface area contributed by atoms with Crippen LogP contribution in [0.5, 0.6) is 0 Å². The van der Waals surface area contributed by atoms with E-state index in [9.17, 15) is 9.59 Å². The maximum absolute atomic E-state index is 14.0. The zero-order valence-corrected chi connectivity index (χ0v) is 23.4. The maximum atomic E-state index is 14.0. The molecule has 4 nitrogen and oxygen atoms in total. The van der Waals surface area contributed by atoms with Crippen LogP contribution in [0, 0.1) is 11.8 Å². The van der Waals surface area contributed by atoms with Gasteiger partial charge in [0.2, 0.25) is 0 Å². The first kappa shape index (κ1) is 28.9. The number of rotatable bonds is 16. The fourth-order valence-electron chi connectivity index (χ4n) is 6.01. The number of carbonyl (C=O) groups is 2. The highest BCUT2D eigenvalue weighted by Crippen LogP contribution is 2.59. The lowest BCUT2D eigenvalue weighted by atomic mass is 9.58. The second kappa shape index (κ2) is 14.4. The summed E-state index contributed by atoms with van der Waals surface area (Å²) in [6, 6.07) is 16.7. The molecule has 2 aromatic carbocycles. The number of ether oxygens (including phenoxy) is 2. The number of hydrogen-bond acceptors (Lipinski definition) is 4. The molecule has 2 aromatic rings. The van der Waals surface area contributed by atoms with Crippen LogP contribution in [0.25, 0.3) is 11.1 Å². The van der Waals surface area contributed by atoms with Crippen molar-refractivity contribution in [2.45, 2.75) is 97.3 Å². The molecule has 0 heterocycles. The van der Waals surface area contributed by atoms with Crippen molar-refractivity contribution in [3.8, 4) is 11.1 Å². The van der Waals surface area contributed by atoms with Crippen molar-refractivity contribution < 1.29 is 19.1 Å². The topological polar surface area (TPSA) is 52.6 Å². The van der Waals surface area contributed by atoms with Crippen molar-refractivity contribution in [3.63, 3.8) is 0 Å². The van der Waals surface area contributed by atoms with Crippen LogP contribution in [-0.2, 0) is 24.5 Å². The number of carbonyl (C=O) groups excluding carboxylic acids is 2. The molecule has 0 aromatic heterocycles.